The van der Waals surface area contributed by atoms with Gasteiger partial charge in [0.25, 0.3) is 0 Å². The van der Waals surface area contributed by atoms with Crippen molar-refractivity contribution in [3.63, 3.8) is 0 Å². The highest BCUT2D eigenvalue weighted by atomic mass is 16.5. The molecule has 86 valence electrons. The summed E-state index contributed by atoms with van der Waals surface area (Å²) >= 11 is 0. The van der Waals surface area contributed by atoms with Crippen LogP contribution in [0.15, 0.2) is 18.3 Å². The van der Waals surface area contributed by atoms with Crippen molar-refractivity contribution < 1.29 is 14.3 Å². The molecule has 1 aliphatic heterocycles. The predicted octanol–water partition coefficient (Wildman–Crippen LogP) is 1.84. The normalized spacial score (nSPS) is 19.7. The number of carbonyl (C=O) groups excluding carboxylic acids is 1. The zero-order chi connectivity index (χ0) is 11.4. The van der Waals surface area contributed by atoms with Gasteiger partial charge in [-0.3, -0.25) is 4.79 Å². The lowest BCUT2D eigenvalue weighted by molar-refractivity contribution is 0.0656. The van der Waals surface area contributed by atoms with E-state index in [2.05, 4.69) is 4.98 Å². The Morgan fingerprint density at radius 3 is 3.25 bits per heavy atom. The Hall–Kier alpha value is -1.42. The van der Waals surface area contributed by atoms with Gasteiger partial charge < -0.3 is 9.47 Å². The van der Waals surface area contributed by atoms with Crippen molar-refractivity contribution in [2.75, 3.05) is 13.2 Å². The molecule has 1 atom stereocenters. The quantitative estimate of drug-likeness (QED) is 0.728. The summed E-state index contributed by atoms with van der Waals surface area (Å²) in [4.78, 5) is 15.4. The summed E-state index contributed by atoms with van der Waals surface area (Å²) in [7, 11) is 0. The number of aromatic nitrogens is 1. The van der Waals surface area contributed by atoms with Gasteiger partial charge in [-0.2, -0.15) is 0 Å². The first-order chi connectivity index (χ1) is 7.77. The number of hydrogen-bond acceptors (Lipinski definition) is 4. The lowest BCUT2D eigenvalue weighted by atomic mass is 10.2. The minimum absolute atomic E-state index is 0.0320. The lowest BCUT2D eigenvalue weighted by Gasteiger charge is -2.12. The molecule has 2 heterocycles. The Labute approximate surface area is 94.6 Å². The van der Waals surface area contributed by atoms with Crippen LogP contribution in [0.1, 0.15) is 30.1 Å². The monoisotopic (exact) mass is 221 g/mol. The topological polar surface area (TPSA) is 48.4 Å². The molecule has 16 heavy (non-hydrogen) atoms. The fraction of sp³-hybridized carbons (Fsp3) is 0.500. The summed E-state index contributed by atoms with van der Waals surface area (Å²) in [6.45, 7) is 2.78. The van der Waals surface area contributed by atoms with Crippen molar-refractivity contribution in [2.45, 2.75) is 25.9 Å². The molecule has 4 heteroatoms. The van der Waals surface area contributed by atoms with Crippen LogP contribution >= 0.6 is 0 Å². The third-order valence-electron chi connectivity index (χ3n) is 2.58. The molecule has 0 aliphatic carbocycles. The zero-order valence-corrected chi connectivity index (χ0v) is 9.31. The van der Waals surface area contributed by atoms with Gasteiger partial charge in [-0.1, -0.05) is 0 Å². The number of ketones is 1. The van der Waals surface area contributed by atoms with Gasteiger partial charge >= 0.3 is 0 Å². The first-order valence-corrected chi connectivity index (χ1v) is 5.47. The van der Waals surface area contributed by atoms with Crippen molar-refractivity contribution in [2.24, 2.45) is 0 Å². The molecule has 0 N–H and O–H groups in total. The third kappa shape index (κ3) is 2.58. The largest absolute Gasteiger partial charge is 0.474 e. The van der Waals surface area contributed by atoms with Crippen LogP contribution in [0.5, 0.6) is 5.88 Å². The average Bonchev–Trinajstić information content (AvgIpc) is 2.79. The van der Waals surface area contributed by atoms with Crippen LogP contribution in [0.4, 0.5) is 0 Å². The highest BCUT2D eigenvalue weighted by Crippen LogP contribution is 2.17. The number of Topliss-reactive ketones (excluding diaryl/α,β-unsaturated/α-hetero) is 1. The van der Waals surface area contributed by atoms with Gasteiger partial charge in [-0.25, -0.2) is 4.98 Å². The van der Waals surface area contributed by atoms with Crippen molar-refractivity contribution in [1.29, 1.82) is 0 Å². The van der Waals surface area contributed by atoms with Crippen molar-refractivity contribution in [1.82, 2.24) is 4.98 Å². The summed E-state index contributed by atoms with van der Waals surface area (Å²) < 4.78 is 11.0. The van der Waals surface area contributed by atoms with E-state index in [1.807, 2.05) is 0 Å². The van der Waals surface area contributed by atoms with Crippen LogP contribution < -0.4 is 4.74 Å². The summed E-state index contributed by atoms with van der Waals surface area (Å²) in [5.41, 5.74) is 0.528. The molecule has 1 saturated heterocycles. The van der Waals surface area contributed by atoms with E-state index in [-0.39, 0.29) is 11.9 Å². The second kappa shape index (κ2) is 5.07. The Bertz CT molecular complexity index is 372. The Balaban J connectivity index is 2.00. The Morgan fingerprint density at radius 1 is 1.69 bits per heavy atom. The summed E-state index contributed by atoms with van der Waals surface area (Å²) in [6, 6.07) is 3.45. The van der Waals surface area contributed by atoms with Gasteiger partial charge in [0.1, 0.15) is 6.61 Å². The second-order valence-corrected chi connectivity index (χ2v) is 3.86. The number of pyridine rings is 1. The lowest BCUT2D eigenvalue weighted by Crippen LogP contribution is -2.17. The maximum absolute atomic E-state index is 11.3. The summed E-state index contributed by atoms with van der Waals surface area (Å²) in [6.07, 6.45) is 3.86. The molecule has 2 rings (SSSR count). The molecule has 1 fully saturated rings. The second-order valence-electron chi connectivity index (χ2n) is 3.86. The first kappa shape index (κ1) is 11.1. The molecule has 1 aromatic rings. The fourth-order valence-corrected chi connectivity index (χ4v) is 1.72. The van der Waals surface area contributed by atoms with Gasteiger partial charge in [-0.05, 0) is 31.9 Å². The summed E-state index contributed by atoms with van der Waals surface area (Å²) in [5.74, 6) is 0.376. The first-order valence-electron chi connectivity index (χ1n) is 5.47. The molecular weight excluding hydrogens is 206 g/mol. The van der Waals surface area contributed by atoms with Gasteiger partial charge in [0.05, 0.1) is 11.7 Å². The van der Waals surface area contributed by atoms with E-state index in [0.717, 1.165) is 19.4 Å². The van der Waals surface area contributed by atoms with Gasteiger partial charge in [0.2, 0.25) is 5.88 Å². The number of rotatable bonds is 4. The SMILES string of the molecule is CC(=O)c1cccnc1OCC1CCCO1. The van der Waals surface area contributed by atoms with Crippen molar-refractivity contribution in [3.05, 3.63) is 23.9 Å². The van der Waals surface area contributed by atoms with Crippen LogP contribution in [0, 0.1) is 0 Å². The molecule has 0 aromatic carbocycles. The van der Waals surface area contributed by atoms with Crippen LogP contribution in [0.3, 0.4) is 0 Å². The van der Waals surface area contributed by atoms with Crippen molar-refractivity contribution >= 4 is 5.78 Å². The number of ether oxygens (including phenoxy) is 2. The van der Waals surface area contributed by atoms with E-state index in [1.54, 1.807) is 18.3 Å². The molecule has 0 amide bonds. The molecular formula is C12H15NO3. The van der Waals surface area contributed by atoms with Crippen LogP contribution in [-0.2, 0) is 4.74 Å². The van der Waals surface area contributed by atoms with E-state index in [4.69, 9.17) is 9.47 Å². The smallest absolute Gasteiger partial charge is 0.224 e. The van der Waals surface area contributed by atoms with E-state index in [0.29, 0.717) is 18.1 Å². The molecule has 0 spiro atoms. The Kier molecular flexibility index (Phi) is 3.51. The minimum Gasteiger partial charge on any atom is -0.474 e. The molecule has 1 unspecified atom stereocenters. The average molecular weight is 221 g/mol. The van der Waals surface area contributed by atoms with E-state index in [1.165, 1.54) is 6.92 Å². The van der Waals surface area contributed by atoms with Crippen molar-refractivity contribution in [3.8, 4) is 5.88 Å². The van der Waals surface area contributed by atoms with E-state index >= 15 is 0 Å². The summed E-state index contributed by atoms with van der Waals surface area (Å²) in [5, 5.41) is 0. The van der Waals surface area contributed by atoms with Gasteiger partial charge in [0.15, 0.2) is 5.78 Å². The van der Waals surface area contributed by atoms with Crippen LogP contribution in [0.2, 0.25) is 0 Å². The molecule has 1 aromatic heterocycles. The van der Waals surface area contributed by atoms with Gasteiger partial charge in [0, 0.05) is 12.8 Å². The number of hydrogen-bond donors (Lipinski definition) is 0. The number of nitrogens with zero attached hydrogens (tertiary/aromatic N) is 1. The zero-order valence-electron chi connectivity index (χ0n) is 9.31. The van der Waals surface area contributed by atoms with Gasteiger partial charge in [-0.15, -0.1) is 0 Å². The number of carbonyl (C=O) groups is 1. The fourth-order valence-electron chi connectivity index (χ4n) is 1.72. The third-order valence-corrected chi connectivity index (χ3v) is 2.58. The minimum atomic E-state index is -0.0320. The standard InChI is InChI=1S/C12H15NO3/c1-9(14)11-5-2-6-13-12(11)16-8-10-4-3-7-15-10/h2,5-6,10H,3-4,7-8H2,1H3. The molecule has 0 bridgehead atoms. The van der Waals surface area contributed by atoms with E-state index in [9.17, 15) is 4.79 Å². The highest BCUT2D eigenvalue weighted by Gasteiger charge is 2.17. The van der Waals surface area contributed by atoms with Crippen LogP contribution in [-0.4, -0.2) is 30.1 Å². The van der Waals surface area contributed by atoms with E-state index < -0.39 is 0 Å². The maximum atomic E-state index is 11.3. The molecule has 0 radical (unpaired) electrons. The van der Waals surface area contributed by atoms with Crippen LogP contribution in [0.25, 0.3) is 0 Å². The molecule has 0 saturated carbocycles. The highest BCUT2D eigenvalue weighted by molar-refractivity contribution is 5.96. The Morgan fingerprint density at radius 2 is 2.56 bits per heavy atom. The molecule has 1 aliphatic rings. The maximum Gasteiger partial charge on any atom is 0.224 e. The molecule has 4 nitrogen and oxygen atoms in total. The predicted molar refractivity (Wildman–Crippen MR) is 58.7 cm³/mol.